The summed E-state index contributed by atoms with van der Waals surface area (Å²) in [5.41, 5.74) is 0. The number of hydrogen-bond acceptors (Lipinski definition) is 3. The van der Waals surface area contributed by atoms with E-state index in [0.717, 1.165) is 4.90 Å². The number of nitrogens with zero attached hydrogens (tertiary/aromatic N) is 1. The molecule has 1 N–H and O–H groups in total. The van der Waals surface area contributed by atoms with Gasteiger partial charge in [0.1, 0.15) is 6.04 Å². The van der Waals surface area contributed by atoms with E-state index in [1.807, 2.05) is 0 Å². The smallest absolute Gasteiger partial charge is 0.389 e. The molecule has 1 heterocycles. The third kappa shape index (κ3) is 3.58. The van der Waals surface area contributed by atoms with Gasteiger partial charge in [0.2, 0.25) is 5.91 Å². The van der Waals surface area contributed by atoms with Gasteiger partial charge in [-0.25, -0.2) is 4.79 Å². The third-order valence-corrected chi connectivity index (χ3v) is 3.12. The molecule has 1 saturated heterocycles. The van der Waals surface area contributed by atoms with E-state index in [9.17, 15) is 22.8 Å². The van der Waals surface area contributed by atoms with E-state index >= 15 is 0 Å². The van der Waals surface area contributed by atoms with Crippen molar-refractivity contribution in [1.82, 2.24) is 4.90 Å². The zero-order chi connectivity index (χ0) is 12.3. The second-order valence-electron chi connectivity index (χ2n) is 3.33. The number of hydrogen-bond donors (Lipinski definition) is 1. The lowest BCUT2D eigenvalue weighted by Gasteiger charge is -2.20. The van der Waals surface area contributed by atoms with Crippen molar-refractivity contribution in [3.8, 4) is 0 Å². The van der Waals surface area contributed by atoms with E-state index in [0.29, 0.717) is 0 Å². The summed E-state index contributed by atoms with van der Waals surface area (Å²) >= 11 is 1.22. The molecular weight excluding hydrogens is 247 g/mol. The molecule has 1 amide bonds. The van der Waals surface area contributed by atoms with Crippen molar-refractivity contribution in [1.29, 1.82) is 0 Å². The van der Waals surface area contributed by atoms with Crippen molar-refractivity contribution in [2.45, 2.75) is 25.1 Å². The van der Waals surface area contributed by atoms with Gasteiger partial charge >= 0.3 is 12.1 Å². The molecule has 1 fully saturated rings. The van der Waals surface area contributed by atoms with Crippen molar-refractivity contribution in [3.63, 3.8) is 0 Å². The van der Waals surface area contributed by atoms with Crippen LogP contribution in [0.25, 0.3) is 0 Å². The minimum atomic E-state index is -4.39. The van der Waals surface area contributed by atoms with Gasteiger partial charge < -0.3 is 10.0 Å². The maximum Gasteiger partial charge on any atom is 0.389 e. The van der Waals surface area contributed by atoms with E-state index in [1.165, 1.54) is 11.8 Å². The summed E-state index contributed by atoms with van der Waals surface area (Å²) in [6, 6.07) is -0.995. The Morgan fingerprint density at radius 1 is 1.44 bits per heavy atom. The van der Waals surface area contributed by atoms with Crippen molar-refractivity contribution in [2.24, 2.45) is 0 Å². The summed E-state index contributed by atoms with van der Waals surface area (Å²) in [5.74, 6) is -1.55. The van der Waals surface area contributed by atoms with E-state index in [2.05, 4.69) is 0 Å². The number of carboxylic acid groups (broad SMARTS) is 1. The maximum atomic E-state index is 11.9. The van der Waals surface area contributed by atoms with Crippen LogP contribution < -0.4 is 0 Å². The molecule has 0 radical (unpaired) electrons. The van der Waals surface area contributed by atoms with Crippen LogP contribution in [0.5, 0.6) is 0 Å². The van der Waals surface area contributed by atoms with Crippen LogP contribution >= 0.6 is 11.8 Å². The molecule has 0 aliphatic carbocycles. The Morgan fingerprint density at radius 3 is 2.56 bits per heavy atom. The SMILES string of the molecule is O=C(O)[C@@H]1CSCN1C(=O)CCC(F)(F)F. The van der Waals surface area contributed by atoms with Gasteiger partial charge in [0, 0.05) is 12.2 Å². The average Bonchev–Trinajstić information content (AvgIpc) is 2.61. The van der Waals surface area contributed by atoms with E-state index in [1.54, 1.807) is 0 Å². The van der Waals surface area contributed by atoms with E-state index in [-0.39, 0.29) is 11.6 Å². The molecular formula is C8H10F3NO3S. The molecule has 1 aliphatic heterocycles. The van der Waals surface area contributed by atoms with Crippen molar-refractivity contribution in [3.05, 3.63) is 0 Å². The van der Waals surface area contributed by atoms with Crippen LogP contribution in [0, 0.1) is 0 Å². The lowest BCUT2D eigenvalue weighted by Crippen LogP contribution is -2.42. The molecule has 0 bridgehead atoms. The minimum Gasteiger partial charge on any atom is -0.480 e. The van der Waals surface area contributed by atoms with Crippen LogP contribution in [0.3, 0.4) is 0 Å². The number of halogens is 3. The molecule has 16 heavy (non-hydrogen) atoms. The fraction of sp³-hybridized carbons (Fsp3) is 0.750. The number of carbonyl (C=O) groups excluding carboxylic acids is 1. The van der Waals surface area contributed by atoms with Crippen molar-refractivity contribution in [2.75, 3.05) is 11.6 Å². The largest absolute Gasteiger partial charge is 0.480 e. The fourth-order valence-electron chi connectivity index (χ4n) is 1.29. The molecule has 0 unspecified atom stereocenters. The Kier molecular flexibility index (Phi) is 4.06. The van der Waals surface area contributed by atoms with Crippen LogP contribution in [-0.2, 0) is 9.59 Å². The van der Waals surface area contributed by atoms with Crippen molar-refractivity contribution < 1.29 is 27.9 Å². The monoisotopic (exact) mass is 257 g/mol. The molecule has 0 aromatic heterocycles. The summed E-state index contributed by atoms with van der Waals surface area (Å²) in [5, 5.41) is 8.73. The predicted octanol–water partition coefficient (Wildman–Crippen LogP) is 1.31. The molecule has 0 aromatic carbocycles. The highest BCUT2D eigenvalue weighted by Crippen LogP contribution is 2.25. The number of aliphatic carboxylic acids is 1. The lowest BCUT2D eigenvalue weighted by molar-refractivity contribution is -0.153. The second-order valence-corrected chi connectivity index (χ2v) is 4.33. The van der Waals surface area contributed by atoms with Crippen LogP contribution in [0.4, 0.5) is 13.2 Å². The predicted molar refractivity (Wildman–Crippen MR) is 50.9 cm³/mol. The van der Waals surface area contributed by atoms with Crippen LogP contribution in [-0.4, -0.2) is 45.7 Å². The zero-order valence-corrected chi connectivity index (χ0v) is 8.98. The van der Waals surface area contributed by atoms with Gasteiger partial charge in [-0.05, 0) is 0 Å². The molecule has 1 aliphatic rings. The maximum absolute atomic E-state index is 11.9. The molecule has 0 spiro atoms. The third-order valence-electron chi connectivity index (χ3n) is 2.11. The number of carbonyl (C=O) groups is 2. The summed E-state index contributed by atoms with van der Waals surface area (Å²) in [6.45, 7) is 0. The number of carboxylic acids is 1. The molecule has 0 aromatic rings. The zero-order valence-electron chi connectivity index (χ0n) is 8.16. The second kappa shape index (κ2) is 4.94. The summed E-state index contributed by atoms with van der Waals surface area (Å²) in [4.78, 5) is 23.0. The Morgan fingerprint density at radius 2 is 2.06 bits per heavy atom. The van der Waals surface area contributed by atoms with E-state index < -0.39 is 36.9 Å². The molecule has 1 atom stereocenters. The number of amides is 1. The van der Waals surface area contributed by atoms with Crippen LogP contribution in [0.15, 0.2) is 0 Å². The van der Waals surface area contributed by atoms with Gasteiger partial charge in [-0.15, -0.1) is 11.8 Å². The van der Waals surface area contributed by atoms with Gasteiger partial charge in [-0.3, -0.25) is 4.79 Å². The van der Waals surface area contributed by atoms with E-state index in [4.69, 9.17) is 5.11 Å². The highest BCUT2D eigenvalue weighted by Gasteiger charge is 2.36. The first kappa shape index (κ1) is 13.1. The number of alkyl halides is 3. The molecule has 0 saturated carbocycles. The Balaban J connectivity index is 2.50. The summed E-state index contributed by atoms with van der Waals surface area (Å²) in [7, 11) is 0. The highest BCUT2D eigenvalue weighted by molar-refractivity contribution is 7.99. The van der Waals surface area contributed by atoms with Gasteiger partial charge in [-0.1, -0.05) is 0 Å². The van der Waals surface area contributed by atoms with Crippen LogP contribution in [0.1, 0.15) is 12.8 Å². The van der Waals surface area contributed by atoms with Crippen LogP contribution in [0.2, 0.25) is 0 Å². The quantitative estimate of drug-likeness (QED) is 0.828. The normalized spacial score (nSPS) is 21.2. The average molecular weight is 257 g/mol. The Hall–Kier alpha value is -0.920. The Labute approximate surface area is 93.8 Å². The number of thioether (sulfide) groups is 1. The first-order chi connectivity index (χ1) is 7.31. The fourth-order valence-corrected chi connectivity index (χ4v) is 2.46. The molecule has 8 heteroatoms. The molecule has 92 valence electrons. The topological polar surface area (TPSA) is 57.6 Å². The highest BCUT2D eigenvalue weighted by atomic mass is 32.2. The number of rotatable bonds is 3. The van der Waals surface area contributed by atoms with Crippen molar-refractivity contribution >= 4 is 23.6 Å². The minimum absolute atomic E-state index is 0.146. The van der Waals surface area contributed by atoms with Gasteiger partial charge in [0.15, 0.2) is 0 Å². The molecule has 1 rings (SSSR count). The Bertz CT molecular complexity index is 295. The summed E-state index contributed by atoms with van der Waals surface area (Å²) in [6.07, 6.45) is -6.28. The lowest BCUT2D eigenvalue weighted by atomic mass is 10.2. The van der Waals surface area contributed by atoms with Gasteiger partial charge in [0.05, 0.1) is 12.3 Å². The van der Waals surface area contributed by atoms with Gasteiger partial charge in [0.25, 0.3) is 0 Å². The van der Waals surface area contributed by atoms with Gasteiger partial charge in [-0.2, -0.15) is 13.2 Å². The first-order valence-electron chi connectivity index (χ1n) is 4.48. The standard InChI is InChI=1S/C8H10F3NO3S/c9-8(10,11)2-1-6(13)12-4-16-3-5(12)7(14)15/h5H,1-4H2,(H,14,15)/t5-/m0/s1. The first-order valence-corrected chi connectivity index (χ1v) is 5.63. The molecule has 4 nitrogen and oxygen atoms in total. The summed E-state index contributed by atoms with van der Waals surface area (Å²) < 4.78 is 35.6.